The van der Waals surface area contributed by atoms with Gasteiger partial charge in [0.05, 0.1) is 12.7 Å². The van der Waals surface area contributed by atoms with E-state index in [0.717, 1.165) is 23.9 Å². The van der Waals surface area contributed by atoms with Crippen molar-refractivity contribution in [1.82, 2.24) is 4.90 Å². The molecule has 1 aromatic rings. The number of likely N-dealkylation sites (tertiary alicyclic amines) is 1. The second kappa shape index (κ2) is 5.33. The SMILES string of the molecule is COC(=O)c1ccccc1CN1CC2CCCC2C1. The lowest BCUT2D eigenvalue weighted by molar-refractivity contribution is 0.0598. The number of hydrogen-bond donors (Lipinski definition) is 0. The summed E-state index contributed by atoms with van der Waals surface area (Å²) in [5, 5.41) is 0. The number of fused-ring (bicyclic) bond motifs is 1. The van der Waals surface area contributed by atoms with Gasteiger partial charge in [0.2, 0.25) is 0 Å². The van der Waals surface area contributed by atoms with E-state index in [9.17, 15) is 4.79 Å². The van der Waals surface area contributed by atoms with Crippen LogP contribution in [0.3, 0.4) is 0 Å². The van der Waals surface area contributed by atoms with Crippen LogP contribution >= 0.6 is 0 Å². The van der Waals surface area contributed by atoms with E-state index in [0.29, 0.717) is 5.56 Å². The van der Waals surface area contributed by atoms with Gasteiger partial charge in [0.1, 0.15) is 0 Å². The minimum Gasteiger partial charge on any atom is -0.465 e. The Morgan fingerprint density at radius 2 is 1.95 bits per heavy atom. The molecule has 1 saturated carbocycles. The van der Waals surface area contributed by atoms with E-state index in [2.05, 4.69) is 4.90 Å². The van der Waals surface area contributed by atoms with E-state index in [1.54, 1.807) is 0 Å². The van der Waals surface area contributed by atoms with Gasteiger partial charge in [-0.1, -0.05) is 24.6 Å². The molecule has 0 amide bonds. The summed E-state index contributed by atoms with van der Waals surface area (Å²) in [6.45, 7) is 3.26. The summed E-state index contributed by atoms with van der Waals surface area (Å²) in [5.74, 6) is 1.56. The van der Waals surface area contributed by atoms with Crippen LogP contribution in [0.25, 0.3) is 0 Å². The van der Waals surface area contributed by atoms with Crippen molar-refractivity contribution in [2.45, 2.75) is 25.8 Å². The fraction of sp³-hybridized carbons (Fsp3) is 0.562. The molecule has 1 saturated heterocycles. The average molecular weight is 259 g/mol. The predicted octanol–water partition coefficient (Wildman–Crippen LogP) is 2.71. The number of carbonyl (C=O) groups is 1. The van der Waals surface area contributed by atoms with E-state index in [4.69, 9.17) is 4.74 Å². The minimum atomic E-state index is -0.227. The first-order valence-corrected chi connectivity index (χ1v) is 7.16. The summed E-state index contributed by atoms with van der Waals surface area (Å²) in [6.07, 6.45) is 4.18. The van der Waals surface area contributed by atoms with Gasteiger partial charge in [-0.15, -0.1) is 0 Å². The Kier molecular flexibility index (Phi) is 3.56. The van der Waals surface area contributed by atoms with Crippen molar-refractivity contribution in [2.24, 2.45) is 11.8 Å². The summed E-state index contributed by atoms with van der Waals surface area (Å²) in [7, 11) is 1.44. The zero-order chi connectivity index (χ0) is 13.2. The smallest absolute Gasteiger partial charge is 0.338 e. The first-order chi connectivity index (χ1) is 9.28. The molecule has 0 radical (unpaired) electrons. The van der Waals surface area contributed by atoms with Crippen molar-refractivity contribution in [1.29, 1.82) is 0 Å². The van der Waals surface area contributed by atoms with E-state index < -0.39 is 0 Å². The zero-order valence-corrected chi connectivity index (χ0v) is 11.5. The van der Waals surface area contributed by atoms with Gasteiger partial charge in [0.15, 0.2) is 0 Å². The van der Waals surface area contributed by atoms with Crippen LogP contribution in [0, 0.1) is 11.8 Å². The Morgan fingerprint density at radius 3 is 2.63 bits per heavy atom. The van der Waals surface area contributed by atoms with Crippen molar-refractivity contribution in [3.05, 3.63) is 35.4 Å². The highest BCUT2D eigenvalue weighted by Gasteiger charge is 2.36. The first-order valence-electron chi connectivity index (χ1n) is 7.16. The van der Waals surface area contributed by atoms with Crippen LogP contribution in [-0.4, -0.2) is 31.1 Å². The van der Waals surface area contributed by atoms with E-state index in [1.807, 2.05) is 24.3 Å². The molecule has 2 atom stereocenters. The lowest BCUT2D eigenvalue weighted by Gasteiger charge is -2.18. The minimum absolute atomic E-state index is 0.227. The average Bonchev–Trinajstić information content (AvgIpc) is 2.99. The van der Waals surface area contributed by atoms with Gasteiger partial charge in [0, 0.05) is 19.6 Å². The van der Waals surface area contributed by atoms with Gasteiger partial charge < -0.3 is 4.74 Å². The summed E-state index contributed by atoms with van der Waals surface area (Å²) >= 11 is 0. The molecule has 1 aliphatic heterocycles. The molecule has 3 nitrogen and oxygen atoms in total. The fourth-order valence-corrected chi connectivity index (χ4v) is 3.67. The maximum Gasteiger partial charge on any atom is 0.338 e. The second-order valence-electron chi connectivity index (χ2n) is 5.79. The number of nitrogens with zero attached hydrogens (tertiary/aromatic N) is 1. The molecule has 0 spiro atoms. The maximum absolute atomic E-state index is 11.8. The Labute approximate surface area is 114 Å². The number of benzene rings is 1. The Balaban J connectivity index is 1.72. The van der Waals surface area contributed by atoms with Crippen molar-refractivity contribution in [3.8, 4) is 0 Å². The van der Waals surface area contributed by atoms with Crippen LogP contribution in [0.1, 0.15) is 35.2 Å². The second-order valence-corrected chi connectivity index (χ2v) is 5.79. The third-order valence-corrected chi connectivity index (χ3v) is 4.62. The Morgan fingerprint density at radius 1 is 1.26 bits per heavy atom. The molecule has 3 heteroatoms. The number of carbonyl (C=O) groups excluding carboxylic acids is 1. The number of hydrogen-bond acceptors (Lipinski definition) is 3. The van der Waals surface area contributed by atoms with Crippen LogP contribution in [0.5, 0.6) is 0 Å². The normalized spacial score (nSPS) is 26.4. The molecule has 2 fully saturated rings. The van der Waals surface area contributed by atoms with Gasteiger partial charge in [-0.05, 0) is 36.3 Å². The molecular weight excluding hydrogens is 238 g/mol. The number of rotatable bonds is 3. The van der Waals surface area contributed by atoms with Crippen LogP contribution in [0.4, 0.5) is 0 Å². The van der Waals surface area contributed by atoms with E-state index >= 15 is 0 Å². The quantitative estimate of drug-likeness (QED) is 0.782. The topological polar surface area (TPSA) is 29.5 Å². The highest BCUT2D eigenvalue weighted by Crippen LogP contribution is 2.38. The molecule has 0 aromatic heterocycles. The molecule has 2 aliphatic rings. The third-order valence-electron chi connectivity index (χ3n) is 4.62. The monoisotopic (exact) mass is 259 g/mol. The van der Waals surface area contributed by atoms with Crippen LogP contribution in [0.2, 0.25) is 0 Å². The summed E-state index contributed by atoms with van der Waals surface area (Å²) in [5.41, 5.74) is 1.80. The van der Waals surface area contributed by atoms with E-state index in [1.165, 1.54) is 39.5 Å². The Hall–Kier alpha value is -1.35. The number of ether oxygens (including phenoxy) is 1. The lowest BCUT2D eigenvalue weighted by Crippen LogP contribution is -2.22. The number of methoxy groups -OCH3 is 1. The van der Waals surface area contributed by atoms with Gasteiger partial charge in [-0.3, -0.25) is 4.90 Å². The predicted molar refractivity (Wildman–Crippen MR) is 73.9 cm³/mol. The molecule has 102 valence electrons. The molecule has 1 aliphatic carbocycles. The highest BCUT2D eigenvalue weighted by molar-refractivity contribution is 5.90. The molecule has 19 heavy (non-hydrogen) atoms. The zero-order valence-electron chi connectivity index (χ0n) is 11.5. The van der Waals surface area contributed by atoms with Gasteiger partial charge >= 0.3 is 5.97 Å². The highest BCUT2D eigenvalue weighted by atomic mass is 16.5. The van der Waals surface area contributed by atoms with Gasteiger partial charge in [0.25, 0.3) is 0 Å². The standard InChI is InChI=1S/C16H21NO2/c1-19-16(18)15-8-3-2-5-14(15)11-17-9-12-6-4-7-13(12)10-17/h2-3,5,8,12-13H,4,6-7,9-11H2,1H3. The lowest BCUT2D eigenvalue weighted by atomic mass is 10.0. The molecule has 0 N–H and O–H groups in total. The Bertz CT molecular complexity index is 460. The summed E-state index contributed by atoms with van der Waals surface area (Å²) in [6, 6.07) is 7.80. The first kappa shape index (κ1) is 12.7. The van der Waals surface area contributed by atoms with Crippen LogP contribution in [-0.2, 0) is 11.3 Å². The van der Waals surface area contributed by atoms with Crippen molar-refractivity contribution < 1.29 is 9.53 Å². The van der Waals surface area contributed by atoms with Crippen molar-refractivity contribution >= 4 is 5.97 Å². The maximum atomic E-state index is 11.8. The molecule has 2 unspecified atom stereocenters. The van der Waals surface area contributed by atoms with Gasteiger partial charge in [-0.2, -0.15) is 0 Å². The molecule has 3 rings (SSSR count). The summed E-state index contributed by atoms with van der Waals surface area (Å²) in [4.78, 5) is 14.3. The van der Waals surface area contributed by atoms with E-state index in [-0.39, 0.29) is 5.97 Å². The summed E-state index contributed by atoms with van der Waals surface area (Å²) < 4.78 is 4.86. The largest absolute Gasteiger partial charge is 0.465 e. The number of esters is 1. The van der Waals surface area contributed by atoms with Crippen molar-refractivity contribution in [3.63, 3.8) is 0 Å². The van der Waals surface area contributed by atoms with Crippen LogP contribution in [0.15, 0.2) is 24.3 Å². The third kappa shape index (κ3) is 2.52. The fourth-order valence-electron chi connectivity index (χ4n) is 3.67. The molecule has 1 heterocycles. The molecular formula is C16H21NO2. The van der Waals surface area contributed by atoms with Gasteiger partial charge in [-0.25, -0.2) is 4.79 Å². The van der Waals surface area contributed by atoms with Crippen molar-refractivity contribution in [2.75, 3.05) is 20.2 Å². The molecule has 1 aromatic carbocycles. The van der Waals surface area contributed by atoms with Crippen LogP contribution < -0.4 is 0 Å². The molecule has 0 bridgehead atoms.